The molecule has 7 heteroatoms. The number of benzene rings is 2. The molecule has 2 aromatic carbocycles. The summed E-state index contributed by atoms with van der Waals surface area (Å²) in [5.74, 6) is -0.819. The molecule has 1 aliphatic carbocycles. The highest BCUT2D eigenvalue weighted by Crippen LogP contribution is 2.45. The number of carboxylic acids is 1. The number of nitrogens with zero attached hydrogens (tertiary/aromatic N) is 1. The van der Waals surface area contributed by atoms with E-state index < -0.39 is 17.7 Å². The van der Waals surface area contributed by atoms with Crippen LogP contribution >= 0.6 is 23.2 Å². The third-order valence-electron chi connectivity index (χ3n) is 5.46. The van der Waals surface area contributed by atoms with Gasteiger partial charge < -0.3 is 14.7 Å². The van der Waals surface area contributed by atoms with E-state index in [0.717, 1.165) is 23.1 Å². The average molecular weight is 464 g/mol. The number of carbonyl (C=O) groups is 2. The second kappa shape index (κ2) is 9.09. The summed E-state index contributed by atoms with van der Waals surface area (Å²) in [7, 11) is 1.73. The Morgan fingerprint density at radius 2 is 1.77 bits per heavy atom. The second-order valence-corrected chi connectivity index (χ2v) is 9.76. The van der Waals surface area contributed by atoms with Crippen LogP contribution in [0.15, 0.2) is 36.4 Å². The summed E-state index contributed by atoms with van der Waals surface area (Å²) in [6.07, 6.45) is 1.04. The molecule has 0 saturated heterocycles. The van der Waals surface area contributed by atoms with Crippen molar-refractivity contribution in [1.29, 1.82) is 0 Å². The lowest BCUT2D eigenvalue weighted by atomic mass is 9.75. The van der Waals surface area contributed by atoms with E-state index in [0.29, 0.717) is 22.0 Å². The van der Waals surface area contributed by atoms with Crippen LogP contribution < -0.4 is 0 Å². The van der Waals surface area contributed by atoms with E-state index in [1.54, 1.807) is 18.0 Å². The van der Waals surface area contributed by atoms with Crippen molar-refractivity contribution in [3.8, 4) is 0 Å². The summed E-state index contributed by atoms with van der Waals surface area (Å²) in [6.45, 7) is 5.50. The first-order chi connectivity index (χ1) is 14.5. The van der Waals surface area contributed by atoms with Crippen molar-refractivity contribution < 1.29 is 19.4 Å². The van der Waals surface area contributed by atoms with Crippen molar-refractivity contribution in [2.75, 3.05) is 7.05 Å². The van der Waals surface area contributed by atoms with E-state index in [1.807, 2.05) is 51.1 Å². The molecule has 2 aromatic rings. The summed E-state index contributed by atoms with van der Waals surface area (Å²) in [4.78, 5) is 25.6. The van der Waals surface area contributed by atoms with E-state index >= 15 is 0 Å². The van der Waals surface area contributed by atoms with Crippen molar-refractivity contribution >= 4 is 35.3 Å². The highest BCUT2D eigenvalue weighted by molar-refractivity contribution is 6.42. The topological polar surface area (TPSA) is 66.8 Å². The van der Waals surface area contributed by atoms with Gasteiger partial charge in [-0.2, -0.15) is 0 Å². The molecule has 0 saturated carbocycles. The molecule has 0 aliphatic heterocycles. The Bertz CT molecular complexity index is 1000. The SMILES string of the molecule is CN(C(=O)OC(C)(C)C)C1CCC(c2ccc(Cl)c(Cl)c2)c2ccc(CC(=O)O)cc21. The van der Waals surface area contributed by atoms with Crippen LogP contribution in [-0.2, 0) is 16.0 Å². The third kappa shape index (κ3) is 5.52. The van der Waals surface area contributed by atoms with Gasteiger partial charge in [0.15, 0.2) is 0 Å². The summed E-state index contributed by atoms with van der Waals surface area (Å²) < 4.78 is 5.56. The maximum Gasteiger partial charge on any atom is 0.410 e. The fourth-order valence-corrected chi connectivity index (χ4v) is 4.40. The van der Waals surface area contributed by atoms with Crippen molar-refractivity contribution in [3.05, 3.63) is 68.7 Å². The van der Waals surface area contributed by atoms with Crippen LogP contribution in [0.25, 0.3) is 0 Å². The number of ether oxygens (including phenoxy) is 1. The number of hydrogen-bond acceptors (Lipinski definition) is 3. The largest absolute Gasteiger partial charge is 0.481 e. The van der Waals surface area contributed by atoms with Gasteiger partial charge in [0.1, 0.15) is 5.60 Å². The Hall–Kier alpha value is -2.24. The molecule has 2 atom stereocenters. The number of fused-ring (bicyclic) bond motifs is 1. The van der Waals surface area contributed by atoms with Crippen LogP contribution in [0, 0.1) is 0 Å². The zero-order valence-electron chi connectivity index (χ0n) is 18.1. The summed E-state index contributed by atoms with van der Waals surface area (Å²) in [5.41, 5.74) is 3.13. The van der Waals surface area contributed by atoms with Gasteiger partial charge in [-0.15, -0.1) is 0 Å². The van der Waals surface area contributed by atoms with Gasteiger partial charge in [-0.3, -0.25) is 4.79 Å². The van der Waals surface area contributed by atoms with Crippen LogP contribution in [-0.4, -0.2) is 34.7 Å². The molecular weight excluding hydrogens is 437 g/mol. The first kappa shape index (κ1) is 23.4. The Kier molecular flexibility index (Phi) is 6.87. The maximum absolute atomic E-state index is 12.7. The van der Waals surface area contributed by atoms with Crippen molar-refractivity contribution in [1.82, 2.24) is 4.90 Å². The van der Waals surface area contributed by atoms with Gasteiger partial charge in [-0.05, 0) is 68.0 Å². The predicted molar refractivity (Wildman–Crippen MR) is 122 cm³/mol. The smallest absolute Gasteiger partial charge is 0.410 e. The van der Waals surface area contributed by atoms with Gasteiger partial charge in [0.2, 0.25) is 0 Å². The number of rotatable bonds is 4. The number of carboxylic acid groups (broad SMARTS) is 1. The second-order valence-electron chi connectivity index (χ2n) is 8.94. The molecule has 0 heterocycles. The van der Waals surface area contributed by atoms with Gasteiger partial charge in [0.05, 0.1) is 22.5 Å². The monoisotopic (exact) mass is 463 g/mol. The first-order valence-corrected chi connectivity index (χ1v) is 11.0. The highest BCUT2D eigenvalue weighted by Gasteiger charge is 2.34. The van der Waals surface area contributed by atoms with Gasteiger partial charge in [-0.1, -0.05) is 47.5 Å². The Morgan fingerprint density at radius 3 is 2.39 bits per heavy atom. The molecule has 1 N–H and O–H groups in total. The van der Waals surface area contributed by atoms with Crippen LogP contribution in [0.3, 0.4) is 0 Å². The van der Waals surface area contributed by atoms with Crippen molar-refractivity contribution in [2.24, 2.45) is 0 Å². The minimum absolute atomic E-state index is 0.0758. The summed E-state index contributed by atoms with van der Waals surface area (Å²) in [6, 6.07) is 11.1. The van der Waals surface area contributed by atoms with E-state index in [1.165, 1.54) is 0 Å². The van der Waals surface area contributed by atoms with Crippen LogP contribution in [0.4, 0.5) is 4.79 Å². The molecule has 31 heavy (non-hydrogen) atoms. The lowest BCUT2D eigenvalue weighted by molar-refractivity contribution is -0.136. The fraction of sp³-hybridized carbons (Fsp3) is 0.417. The maximum atomic E-state index is 12.7. The minimum Gasteiger partial charge on any atom is -0.481 e. The molecule has 1 aliphatic rings. The van der Waals surface area contributed by atoms with Crippen LogP contribution in [0.1, 0.15) is 67.8 Å². The van der Waals surface area contributed by atoms with Gasteiger partial charge in [-0.25, -0.2) is 4.79 Å². The molecule has 0 radical (unpaired) electrons. The van der Waals surface area contributed by atoms with Gasteiger partial charge >= 0.3 is 12.1 Å². The number of hydrogen-bond donors (Lipinski definition) is 1. The normalized spacial score (nSPS) is 18.3. The lowest BCUT2D eigenvalue weighted by Crippen LogP contribution is -2.38. The number of carbonyl (C=O) groups excluding carboxylic acids is 1. The van der Waals surface area contributed by atoms with E-state index in [9.17, 15) is 14.7 Å². The minimum atomic E-state index is -0.895. The van der Waals surface area contributed by atoms with Gasteiger partial charge in [0, 0.05) is 13.0 Å². The third-order valence-corrected chi connectivity index (χ3v) is 6.20. The molecule has 0 aromatic heterocycles. The fourth-order valence-electron chi connectivity index (χ4n) is 4.09. The molecule has 0 fully saturated rings. The van der Waals surface area contributed by atoms with E-state index in [-0.39, 0.29) is 18.4 Å². The molecule has 5 nitrogen and oxygen atoms in total. The molecule has 0 bridgehead atoms. The summed E-state index contributed by atoms with van der Waals surface area (Å²) >= 11 is 12.4. The Morgan fingerprint density at radius 1 is 1.06 bits per heavy atom. The van der Waals surface area contributed by atoms with E-state index in [2.05, 4.69) is 0 Å². The first-order valence-electron chi connectivity index (χ1n) is 10.2. The van der Waals surface area contributed by atoms with Crippen LogP contribution in [0.2, 0.25) is 10.0 Å². The lowest BCUT2D eigenvalue weighted by Gasteiger charge is -2.38. The van der Waals surface area contributed by atoms with Gasteiger partial charge in [0.25, 0.3) is 0 Å². The van der Waals surface area contributed by atoms with Crippen LogP contribution in [0.5, 0.6) is 0 Å². The van der Waals surface area contributed by atoms with Crippen molar-refractivity contribution in [2.45, 2.75) is 57.6 Å². The standard InChI is InChI=1S/C24H27Cl2NO4/c1-24(2,3)31-23(30)27(4)21-10-8-16(15-6-9-19(25)20(26)13-15)17-7-5-14(11-18(17)21)12-22(28)29/h5-7,9,11,13,16,21H,8,10,12H2,1-4H3,(H,28,29). The van der Waals surface area contributed by atoms with Crippen molar-refractivity contribution in [3.63, 3.8) is 0 Å². The number of amides is 1. The Labute approximate surface area is 192 Å². The molecule has 2 unspecified atom stereocenters. The number of halogens is 2. The molecule has 1 amide bonds. The number of aliphatic carboxylic acids is 1. The molecular formula is C24H27Cl2NO4. The zero-order chi connectivity index (χ0) is 22.9. The molecule has 166 valence electrons. The Balaban J connectivity index is 2.02. The molecule has 3 rings (SSSR count). The molecule has 0 spiro atoms. The van der Waals surface area contributed by atoms with E-state index in [4.69, 9.17) is 27.9 Å². The predicted octanol–water partition coefficient (Wildman–Crippen LogP) is 6.45. The zero-order valence-corrected chi connectivity index (χ0v) is 19.6. The summed E-state index contributed by atoms with van der Waals surface area (Å²) in [5, 5.41) is 10.2. The highest BCUT2D eigenvalue weighted by atomic mass is 35.5. The quantitative estimate of drug-likeness (QED) is 0.565. The average Bonchev–Trinajstić information content (AvgIpc) is 2.67.